The second-order valence-electron chi connectivity index (χ2n) is 6.62. The molecule has 1 aromatic heterocycles. The van der Waals surface area contributed by atoms with E-state index in [0.29, 0.717) is 16.4 Å². The number of nitrogens with zero attached hydrogens (tertiary/aromatic N) is 2. The number of benzene rings is 2. The SMILES string of the molecule is CC(C)Oc1ccccc1/C=C(\C#N)C(=O)Nc1ncc(Cc2ccccc2)s1. The molecule has 0 spiro atoms. The van der Waals surface area contributed by atoms with Crippen molar-refractivity contribution in [1.82, 2.24) is 4.98 Å². The first-order valence-electron chi connectivity index (χ1n) is 9.22. The highest BCUT2D eigenvalue weighted by Crippen LogP contribution is 2.24. The number of nitrogens with one attached hydrogen (secondary N) is 1. The molecule has 0 bridgehead atoms. The second-order valence-corrected chi connectivity index (χ2v) is 7.74. The van der Waals surface area contributed by atoms with Crippen molar-refractivity contribution in [1.29, 1.82) is 5.26 Å². The highest BCUT2D eigenvalue weighted by Gasteiger charge is 2.14. The molecule has 5 nitrogen and oxygen atoms in total. The fourth-order valence-electron chi connectivity index (χ4n) is 2.67. The number of nitriles is 1. The number of hydrogen-bond acceptors (Lipinski definition) is 5. The van der Waals surface area contributed by atoms with Gasteiger partial charge in [0.25, 0.3) is 5.91 Å². The average molecular weight is 404 g/mol. The van der Waals surface area contributed by atoms with Crippen molar-refractivity contribution in [3.8, 4) is 11.8 Å². The smallest absolute Gasteiger partial charge is 0.268 e. The van der Waals surface area contributed by atoms with Crippen LogP contribution < -0.4 is 10.1 Å². The summed E-state index contributed by atoms with van der Waals surface area (Å²) in [5.74, 6) is 0.134. The Labute approximate surface area is 174 Å². The van der Waals surface area contributed by atoms with Gasteiger partial charge >= 0.3 is 0 Å². The Morgan fingerprint density at radius 2 is 1.93 bits per heavy atom. The average Bonchev–Trinajstić information content (AvgIpc) is 3.14. The van der Waals surface area contributed by atoms with E-state index in [-0.39, 0.29) is 11.7 Å². The molecule has 3 rings (SSSR count). The maximum Gasteiger partial charge on any atom is 0.268 e. The summed E-state index contributed by atoms with van der Waals surface area (Å²) in [5, 5.41) is 12.7. The van der Waals surface area contributed by atoms with E-state index in [2.05, 4.69) is 10.3 Å². The number of aromatic nitrogens is 1. The van der Waals surface area contributed by atoms with Crippen molar-refractivity contribution < 1.29 is 9.53 Å². The van der Waals surface area contributed by atoms with Crippen LogP contribution in [-0.4, -0.2) is 17.0 Å². The molecule has 1 N–H and O–H groups in total. The number of rotatable bonds is 7. The monoisotopic (exact) mass is 403 g/mol. The van der Waals surface area contributed by atoms with E-state index < -0.39 is 5.91 Å². The van der Waals surface area contributed by atoms with Crippen LogP contribution in [0.5, 0.6) is 5.75 Å². The molecule has 3 aromatic rings. The number of anilines is 1. The topological polar surface area (TPSA) is 75.0 Å². The van der Waals surface area contributed by atoms with Gasteiger partial charge in [0.2, 0.25) is 0 Å². The molecule has 0 saturated heterocycles. The fraction of sp³-hybridized carbons (Fsp3) is 0.174. The number of thiazole rings is 1. The summed E-state index contributed by atoms with van der Waals surface area (Å²) in [5.41, 5.74) is 1.84. The molecule has 1 heterocycles. The van der Waals surface area contributed by atoms with Crippen molar-refractivity contribution in [2.24, 2.45) is 0 Å². The molecular weight excluding hydrogens is 382 g/mol. The maximum atomic E-state index is 12.6. The third-order valence-electron chi connectivity index (χ3n) is 3.94. The van der Waals surface area contributed by atoms with Crippen LogP contribution in [0.3, 0.4) is 0 Å². The van der Waals surface area contributed by atoms with E-state index in [1.165, 1.54) is 23.0 Å². The van der Waals surface area contributed by atoms with Crippen LogP contribution in [0.2, 0.25) is 0 Å². The molecule has 0 saturated carbocycles. The Bertz CT molecular complexity index is 1050. The third-order valence-corrected chi connectivity index (χ3v) is 4.85. The van der Waals surface area contributed by atoms with Crippen LogP contribution >= 0.6 is 11.3 Å². The van der Waals surface area contributed by atoms with Gasteiger partial charge in [-0.25, -0.2) is 4.98 Å². The number of para-hydroxylation sites is 1. The van der Waals surface area contributed by atoms with E-state index >= 15 is 0 Å². The molecule has 6 heteroatoms. The summed E-state index contributed by atoms with van der Waals surface area (Å²) in [7, 11) is 0. The van der Waals surface area contributed by atoms with E-state index in [1.54, 1.807) is 6.20 Å². The van der Waals surface area contributed by atoms with Crippen molar-refractivity contribution >= 4 is 28.5 Å². The summed E-state index contributed by atoms with van der Waals surface area (Å²) < 4.78 is 5.75. The number of carbonyl (C=O) groups excluding carboxylic acids is 1. The van der Waals surface area contributed by atoms with Crippen LogP contribution in [0, 0.1) is 11.3 Å². The molecule has 0 atom stereocenters. The largest absolute Gasteiger partial charge is 0.490 e. The van der Waals surface area contributed by atoms with E-state index in [1.807, 2.05) is 74.5 Å². The van der Waals surface area contributed by atoms with Gasteiger partial charge in [-0.15, -0.1) is 11.3 Å². The highest BCUT2D eigenvalue weighted by atomic mass is 32.1. The van der Waals surface area contributed by atoms with Crippen molar-refractivity contribution in [3.63, 3.8) is 0 Å². The molecule has 29 heavy (non-hydrogen) atoms. The molecule has 2 aromatic carbocycles. The quantitative estimate of drug-likeness (QED) is 0.442. The van der Waals surface area contributed by atoms with Crippen LogP contribution in [0.1, 0.15) is 29.9 Å². The zero-order valence-electron chi connectivity index (χ0n) is 16.3. The zero-order chi connectivity index (χ0) is 20.6. The maximum absolute atomic E-state index is 12.6. The Balaban J connectivity index is 1.73. The number of ether oxygens (including phenoxy) is 1. The van der Waals surface area contributed by atoms with Gasteiger partial charge < -0.3 is 4.74 Å². The Morgan fingerprint density at radius 1 is 1.21 bits per heavy atom. The lowest BCUT2D eigenvalue weighted by molar-refractivity contribution is -0.112. The molecule has 0 unspecified atom stereocenters. The zero-order valence-corrected chi connectivity index (χ0v) is 17.1. The standard InChI is InChI=1S/C23H21N3O2S/c1-16(2)28-21-11-7-6-10-18(21)13-19(14-24)22(27)26-23-25-15-20(29-23)12-17-8-4-3-5-9-17/h3-11,13,15-16H,12H2,1-2H3,(H,25,26,27)/b19-13+. The predicted molar refractivity (Wildman–Crippen MR) is 116 cm³/mol. The van der Waals surface area contributed by atoms with E-state index in [9.17, 15) is 10.1 Å². The lowest BCUT2D eigenvalue weighted by Gasteiger charge is -2.12. The molecule has 1 amide bonds. The van der Waals surface area contributed by atoms with Gasteiger partial charge in [-0.2, -0.15) is 5.26 Å². The van der Waals surface area contributed by atoms with Gasteiger partial charge in [0.1, 0.15) is 17.4 Å². The van der Waals surface area contributed by atoms with Gasteiger partial charge in [-0.1, -0.05) is 48.5 Å². The van der Waals surface area contributed by atoms with Gasteiger partial charge in [0.15, 0.2) is 5.13 Å². The van der Waals surface area contributed by atoms with Crippen LogP contribution in [-0.2, 0) is 11.2 Å². The highest BCUT2D eigenvalue weighted by molar-refractivity contribution is 7.15. The second kappa shape index (κ2) is 9.67. The third kappa shape index (κ3) is 5.77. The summed E-state index contributed by atoms with van der Waals surface area (Å²) >= 11 is 1.40. The lowest BCUT2D eigenvalue weighted by atomic mass is 10.1. The lowest BCUT2D eigenvalue weighted by Crippen LogP contribution is -2.13. The normalized spacial score (nSPS) is 11.2. The van der Waals surface area contributed by atoms with Gasteiger partial charge in [-0.3, -0.25) is 10.1 Å². The molecule has 0 aliphatic carbocycles. The van der Waals surface area contributed by atoms with Gasteiger partial charge in [0.05, 0.1) is 6.10 Å². The van der Waals surface area contributed by atoms with Crippen molar-refractivity contribution in [2.75, 3.05) is 5.32 Å². The van der Waals surface area contributed by atoms with Crippen molar-refractivity contribution in [3.05, 3.63) is 82.4 Å². The van der Waals surface area contributed by atoms with E-state index in [4.69, 9.17) is 4.74 Å². The minimum Gasteiger partial charge on any atom is -0.490 e. The number of carbonyl (C=O) groups is 1. The van der Waals surface area contributed by atoms with Gasteiger partial charge in [0, 0.05) is 23.1 Å². The molecule has 146 valence electrons. The van der Waals surface area contributed by atoms with Crippen LogP contribution in [0.25, 0.3) is 6.08 Å². The first-order chi connectivity index (χ1) is 14.0. The summed E-state index contributed by atoms with van der Waals surface area (Å²) in [6.07, 6.45) is 4.01. The Hall–Kier alpha value is -3.43. The molecular formula is C23H21N3O2S. The number of hydrogen-bond donors (Lipinski definition) is 1. The van der Waals surface area contributed by atoms with Crippen LogP contribution in [0.15, 0.2) is 66.4 Å². The Kier molecular flexibility index (Phi) is 6.77. The molecule has 0 aliphatic rings. The minimum atomic E-state index is -0.493. The fourth-order valence-corrected chi connectivity index (χ4v) is 3.52. The summed E-state index contributed by atoms with van der Waals surface area (Å²) in [4.78, 5) is 17.9. The van der Waals surface area contributed by atoms with Gasteiger partial charge in [-0.05, 0) is 31.6 Å². The minimum absolute atomic E-state index is 0.00962. The summed E-state index contributed by atoms with van der Waals surface area (Å²) in [6.45, 7) is 3.85. The van der Waals surface area contributed by atoms with Crippen LogP contribution in [0.4, 0.5) is 5.13 Å². The van der Waals surface area contributed by atoms with E-state index in [0.717, 1.165) is 11.3 Å². The molecule has 0 aliphatic heterocycles. The molecule has 0 radical (unpaired) electrons. The first-order valence-corrected chi connectivity index (χ1v) is 10.0. The first kappa shape index (κ1) is 20.3. The summed E-state index contributed by atoms with van der Waals surface area (Å²) in [6, 6.07) is 19.3. The molecule has 0 fully saturated rings. The predicted octanol–water partition coefficient (Wildman–Crippen LogP) is 5.07. The van der Waals surface area contributed by atoms with Crippen molar-refractivity contribution in [2.45, 2.75) is 26.4 Å². The number of amides is 1. The Morgan fingerprint density at radius 3 is 2.66 bits per heavy atom.